The summed E-state index contributed by atoms with van der Waals surface area (Å²) in [5.74, 6) is -1.66. The van der Waals surface area contributed by atoms with Gasteiger partial charge in [-0.15, -0.1) is 0 Å². The molecule has 0 N–H and O–H groups in total. The van der Waals surface area contributed by atoms with Gasteiger partial charge in [-0.2, -0.15) is 0 Å². The highest BCUT2D eigenvalue weighted by atomic mass is 16.6. The average Bonchev–Trinajstić information content (AvgIpc) is 1.77. The zero-order valence-corrected chi connectivity index (χ0v) is 9.05. The van der Waals surface area contributed by atoms with Crippen molar-refractivity contribution in [1.82, 2.24) is 0 Å². The Morgan fingerprint density at radius 2 is 1.57 bits per heavy atom. The minimum absolute atomic E-state index is 0.163. The third-order valence-electron chi connectivity index (χ3n) is 1.30. The first kappa shape index (κ1) is 12.8. The molecule has 4 heteroatoms. The number of hydrogen-bond acceptors (Lipinski definition) is 4. The van der Waals surface area contributed by atoms with E-state index in [0.717, 1.165) is 0 Å². The summed E-state index contributed by atoms with van der Waals surface area (Å²) in [6.07, 6.45) is -0.174. The maximum absolute atomic E-state index is 11.1. The summed E-state index contributed by atoms with van der Waals surface area (Å²) < 4.78 is 4.44. The van der Waals surface area contributed by atoms with Gasteiger partial charge < -0.3 is 4.74 Å². The molecule has 0 spiro atoms. The van der Waals surface area contributed by atoms with Crippen LogP contribution < -0.4 is 0 Å². The predicted octanol–water partition coefficient (Wildman–Crippen LogP) is 1.47. The maximum Gasteiger partial charge on any atom is 0.320 e. The number of ketones is 1. The van der Waals surface area contributed by atoms with E-state index in [1.165, 1.54) is 6.92 Å². The number of Topliss-reactive ketones (excluding diaryl/α,β-unsaturated/α-hetero) is 1. The first-order valence-corrected chi connectivity index (χ1v) is 4.43. The van der Waals surface area contributed by atoms with E-state index in [1.54, 1.807) is 0 Å². The summed E-state index contributed by atoms with van der Waals surface area (Å²) in [4.78, 5) is 32.5. The third kappa shape index (κ3) is 7.46. The van der Waals surface area contributed by atoms with Crippen LogP contribution in [0.25, 0.3) is 0 Å². The molecular weight excluding hydrogens is 184 g/mol. The molecule has 14 heavy (non-hydrogen) atoms. The Hall–Kier alpha value is -1.19. The molecule has 0 saturated heterocycles. The number of carbonyl (C=O) groups is 3. The lowest BCUT2D eigenvalue weighted by atomic mass is 9.92. The molecule has 0 aliphatic carbocycles. The smallest absolute Gasteiger partial charge is 0.320 e. The summed E-state index contributed by atoms with van der Waals surface area (Å²) in [6, 6.07) is 0. The van der Waals surface area contributed by atoms with Crippen molar-refractivity contribution < 1.29 is 19.1 Å². The number of hydrogen-bond donors (Lipinski definition) is 0. The van der Waals surface area contributed by atoms with Crippen molar-refractivity contribution >= 4 is 17.7 Å². The van der Waals surface area contributed by atoms with Crippen molar-refractivity contribution in [2.45, 2.75) is 40.5 Å². The van der Waals surface area contributed by atoms with Crippen molar-refractivity contribution in [3.63, 3.8) is 0 Å². The Morgan fingerprint density at radius 1 is 1.07 bits per heavy atom. The summed E-state index contributed by atoms with van der Waals surface area (Å²) >= 11 is 0. The molecule has 0 radical (unpaired) electrons. The minimum Gasteiger partial charge on any atom is -0.393 e. The van der Waals surface area contributed by atoms with Crippen molar-refractivity contribution in [3.05, 3.63) is 0 Å². The largest absolute Gasteiger partial charge is 0.393 e. The fourth-order valence-electron chi connectivity index (χ4n) is 0.835. The first-order valence-electron chi connectivity index (χ1n) is 4.43. The van der Waals surface area contributed by atoms with Crippen LogP contribution >= 0.6 is 0 Å². The average molecular weight is 200 g/mol. The van der Waals surface area contributed by atoms with Crippen LogP contribution in [0.1, 0.15) is 40.5 Å². The molecule has 0 aromatic rings. The van der Waals surface area contributed by atoms with Crippen molar-refractivity contribution in [2.24, 2.45) is 5.41 Å². The van der Waals surface area contributed by atoms with Crippen LogP contribution in [-0.2, 0) is 19.1 Å². The molecule has 0 aliphatic heterocycles. The molecule has 0 saturated carbocycles. The number of esters is 2. The molecule has 0 aliphatic rings. The van der Waals surface area contributed by atoms with Crippen LogP contribution in [0.15, 0.2) is 0 Å². The standard InChI is InChI=1S/C10H16O4/c1-7(11)5-8(12)14-9(13)6-10(2,3)4/h5-6H2,1-4H3. The van der Waals surface area contributed by atoms with Crippen molar-refractivity contribution in [1.29, 1.82) is 0 Å². The molecule has 0 unspecified atom stereocenters. The summed E-state index contributed by atoms with van der Waals surface area (Å²) in [7, 11) is 0. The molecular formula is C10H16O4. The highest BCUT2D eigenvalue weighted by molar-refractivity contribution is 5.98. The molecule has 0 heterocycles. The predicted molar refractivity (Wildman–Crippen MR) is 50.5 cm³/mol. The number of carbonyl (C=O) groups excluding carboxylic acids is 3. The van der Waals surface area contributed by atoms with Crippen LogP contribution in [0, 0.1) is 5.41 Å². The third-order valence-corrected chi connectivity index (χ3v) is 1.30. The van der Waals surface area contributed by atoms with Gasteiger partial charge in [-0.1, -0.05) is 20.8 Å². The molecule has 0 aromatic carbocycles. The highest BCUT2D eigenvalue weighted by Gasteiger charge is 2.19. The van der Waals surface area contributed by atoms with Gasteiger partial charge in [-0.25, -0.2) is 0 Å². The molecule has 0 amide bonds. The van der Waals surface area contributed by atoms with Crippen LogP contribution in [0.5, 0.6) is 0 Å². The zero-order chi connectivity index (χ0) is 11.4. The highest BCUT2D eigenvalue weighted by Crippen LogP contribution is 2.18. The Labute approximate surface area is 83.6 Å². The molecule has 80 valence electrons. The van der Waals surface area contributed by atoms with E-state index in [9.17, 15) is 14.4 Å². The van der Waals surface area contributed by atoms with Gasteiger partial charge in [0.25, 0.3) is 0 Å². The summed E-state index contributed by atoms with van der Waals surface area (Å²) in [5, 5.41) is 0. The number of ether oxygens (including phenoxy) is 1. The van der Waals surface area contributed by atoms with Crippen LogP contribution in [-0.4, -0.2) is 17.7 Å². The van der Waals surface area contributed by atoms with Gasteiger partial charge in [0.1, 0.15) is 12.2 Å². The van der Waals surface area contributed by atoms with Crippen LogP contribution in [0.3, 0.4) is 0 Å². The van der Waals surface area contributed by atoms with E-state index in [0.29, 0.717) is 0 Å². The Bertz CT molecular complexity index is 247. The fraction of sp³-hybridized carbons (Fsp3) is 0.700. The van der Waals surface area contributed by atoms with E-state index in [4.69, 9.17) is 0 Å². The lowest BCUT2D eigenvalue weighted by Gasteiger charge is -2.15. The SMILES string of the molecule is CC(=O)CC(=O)OC(=O)CC(C)(C)C. The molecule has 0 atom stereocenters. The van der Waals surface area contributed by atoms with Crippen molar-refractivity contribution in [2.75, 3.05) is 0 Å². The second kappa shape index (κ2) is 4.88. The molecule has 0 bridgehead atoms. The van der Waals surface area contributed by atoms with Gasteiger partial charge in [0.2, 0.25) is 0 Å². The molecule has 0 fully saturated rings. The number of rotatable bonds is 3. The van der Waals surface area contributed by atoms with Gasteiger partial charge in [0.05, 0.1) is 6.42 Å². The second-order valence-corrected chi connectivity index (χ2v) is 4.46. The van der Waals surface area contributed by atoms with E-state index in [1.807, 2.05) is 20.8 Å². The quantitative estimate of drug-likeness (QED) is 0.511. The van der Waals surface area contributed by atoms with E-state index < -0.39 is 11.9 Å². The molecule has 0 aromatic heterocycles. The molecule has 0 rings (SSSR count). The van der Waals surface area contributed by atoms with Crippen LogP contribution in [0.2, 0.25) is 0 Å². The Morgan fingerprint density at radius 3 is 1.93 bits per heavy atom. The lowest BCUT2D eigenvalue weighted by Crippen LogP contribution is -2.19. The van der Waals surface area contributed by atoms with Crippen molar-refractivity contribution in [3.8, 4) is 0 Å². The van der Waals surface area contributed by atoms with Gasteiger partial charge in [0, 0.05) is 0 Å². The fourth-order valence-corrected chi connectivity index (χ4v) is 0.835. The summed E-state index contributed by atoms with van der Waals surface area (Å²) in [6.45, 7) is 6.87. The Kier molecular flexibility index (Phi) is 4.47. The second-order valence-electron chi connectivity index (χ2n) is 4.46. The topological polar surface area (TPSA) is 60.4 Å². The molecule has 4 nitrogen and oxygen atoms in total. The normalized spacial score (nSPS) is 10.9. The van der Waals surface area contributed by atoms with Crippen LogP contribution in [0.4, 0.5) is 0 Å². The van der Waals surface area contributed by atoms with Gasteiger partial charge >= 0.3 is 11.9 Å². The lowest BCUT2D eigenvalue weighted by molar-refractivity contribution is -0.161. The Balaban J connectivity index is 3.96. The van der Waals surface area contributed by atoms with Gasteiger partial charge in [-0.3, -0.25) is 14.4 Å². The van der Waals surface area contributed by atoms with E-state index in [-0.39, 0.29) is 24.0 Å². The minimum atomic E-state index is -0.772. The zero-order valence-electron chi connectivity index (χ0n) is 9.05. The first-order chi connectivity index (χ1) is 6.20. The summed E-state index contributed by atoms with van der Waals surface area (Å²) in [5.41, 5.74) is -0.215. The maximum atomic E-state index is 11.1. The monoisotopic (exact) mass is 200 g/mol. The van der Waals surface area contributed by atoms with Gasteiger partial charge in [-0.05, 0) is 12.3 Å². The van der Waals surface area contributed by atoms with E-state index >= 15 is 0 Å². The van der Waals surface area contributed by atoms with Gasteiger partial charge in [0.15, 0.2) is 0 Å². The van der Waals surface area contributed by atoms with E-state index in [2.05, 4.69) is 4.74 Å².